The topological polar surface area (TPSA) is 67.4 Å². The van der Waals surface area contributed by atoms with E-state index in [-0.39, 0.29) is 13.1 Å². The third-order valence-corrected chi connectivity index (χ3v) is 1.05. The number of hydrogen-bond acceptors (Lipinski definition) is 3. The van der Waals surface area contributed by atoms with Crippen molar-refractivity contribution < 1.29 is 14.3 Å². The van der Waals surface area contributed by atoms with Crippen LogP contribution in [-0.2, 0) is 9.53 Å². The molecule has 5 nitrogen and oxygen atoms in total. The molecule has 0 aliphatic heterocycles. The zero-order valence-electron chi connectivity index (χ0n) is 7.42. The molecule has 0 saturated heterocycles. The van der Waals surface area contributed by atoms with E-state index in [0.717, 1.165) is 0 Å². The third-order valence-electron chi connectivity index (χ3n) is 1.05. The normalized spacial score (nSPS) is 8.31. The molecule has 0 bridgehead atoms. The van der Waals surface area contributed by atoms with Gasteiger partial charge in [0.1, 0.15) is 6.54 Å². The van der Waals surface area contributed by atoms with Gasteiger partial charge in [-0.3, -0.25) is 4.79 Å². The molecule has 5 heteroatoms. The van der Waals surface area contributed by atoms with Gasteiger partial charge in [-0.05, 0) is 6.92 Å². The summed E-state index contributed by atoms with van der Waals surface area (Å²) >= 11 is 0. The second kappa shape index (κ2) is 6.98. The minimum absolute atomic E-state index is 0.134. The lowest BCUT2D eigenvalue weighted by molar-refractivity contribution is -0.141. The lowest BCUT2D eigenvalue weighted by atomic mass is 10.6. The van der Waals surface area contributed by atoms with Crippen molar-refractivity contribution in [2.24, 2.45) is 0 Å². The van der Waals surface area contributed by atoms with Gasteiger partial charge in [-0.1, -0.05) is 5.92 Å². The molecule has 0 spiro atoms. The van der Waals surface area contributed by atoms with E-state index >= 15 is 0 Å². The van der Waals surface area contributed by atoms with Crippen LogP contribution in [0.25, 0.3) is 0 Å². The summed E-state index contributed by atoms with van der Waals surface area (Å²) in [5.41, 5.74) is 0. The summed E-state index contributed by atoms with van der Waals surface area (Å²) in [7, 11) is 0. The van der Waals surface area contributed by atoms with Gasteiger partial charge in [0.05, 0.1) is 13.2 Å². The van der Waals surface area contributed by atoms with Crippen LogP contribution in [0.5, 0.6) is 0 Å². The number of carbonyl (C=O) groups is 2. The molecule has 0 aliphatic rings. The Hall–Kier alpha value is -1.70. The summed E-state index contributed by atoms with van der Waals surface area (Å²) in [6.07, 6.45) is 4.90. The Kier molecular flexibility index (Phi) is 6.06. The van der Waals surface area contributed by atoms with Crippen LogP contribution in [0.2, 0.25) is 0 Å². The predicted octanol–water partition coefficient (Wildman–Crippen LogP) is -0.518. The summed E-state index contributed by atoms with van der Waals surface area (Å²) in [5.74, 6) is 1.75. The summed E-state index contributed by atoms with van der Waals surface area (Å²) < 4.78 is 4.57. The van der Waals surface area contributed by atoms with Crippen molar-refractivity contribution in [3.8, 4) is 12.3 Å². The number of ether oxygens (including phenoxy) is 1. The first-order chi connectivity index (χ1) is 6.20. The van der Waals surface area contributed by atoms with Crippen molar-refractivity contribution in [2.45, 2.75) is 6.92 Å². The number of amides is 2. The second-order valence-electron chi connectivity index (χ2n) is 2.05. The van der Waals surface area contributed by atoms with Crippen LogP contribution in [0, 0.1) is 12.3 Å². The minimum Gasteiger partial charge on any atom is -0.465 e. The van der Waals surface area contributed by atoms with Crippen LogP contribution in [0.3, 0.4) is 0 Å². The zero-order valence-corrected chi connectivity index (χ0v) is 7.42. The highest BCUT2D eigenvalue weighted by Crippen LogP contribution is 1.74. The van der Waals surface area contributed by atoms with E-state index in [1.807, 2.05) is 0 Å². The van der Waals surface area contributed by atoms with E-state index < -0.39 is 12.0 Å². The summed E-state index contributed by atoms with van der Waals surface area (Å²) in [5, 5.41) is 4.62. The lowest BCUT2D eigenvalue weighted by Gasteiger charge is -2.04. The molecule has 13 heavy (non-hydrogen) atoms. The van der Waals surface area contributed by atoms with Crippen LogP contribution in [0.15, 0.2) is 0 Å². The van der Waals surface area contributed by atoms with Crippen molar-refractivity contribution in [2.75, 3.05) is 19.7 Å². The van der Waals surface area contributed by atoms with Crippen molar-refractivity contribution in [3.05, 3.63) is 0 Å². The van der Waals surface area contributed by atoms with Gasteiger partial charge in [0.2, 0.25) is 0 Å². The van der Waals surface area contributed by atoms with Gasteiger partial charge < -0.3 is 15.4 Å². The van der Waals surface area contributed by atoms with Crippen LogP contribution in [-0.4, -0.2) is 31.7 Å². The maximum Gasteiger partial charge on any atom is 0.325 e. The molecule has 0 atom stereocenters. The molecule has 2 amide bonds. The standard InChI is InChI=1S/C8H12N2O3/c1-3-5-9-8(12)10-6-7(11)13-4-2/h1H,4-6H2,2H3,(H2,9,10,12). The van der Waals surface area contributed by atoms with E-state index in [1.54, 1.807) is 6.92 Å². The molecule has 0 aromatic rings. The van der Waals surface area contributed by atoms with Gasteiger partial charge in [-0.25, -0.2) is 4.79 Å². The fourth-order valence-electron chi connectivity index (χ4n) is 0.558. The highest BCUT2D eigenvalue weighted by atomic mass is 16.5. The zero-order chi connectivity index (χ0) is 10.1. The first kappa shape index (κ1) is 11.3. The molecule has 0 aromatic heterocycles. The molecule has 0 heterocycles. The Morgan fingerprint density at radius 2 is 2.15 bits per heavy atom. The lowest BCUT2D eigenvalue weighted by Crippen LogP contribution is -2.39. The SMILES string of the molecule is C#CCNC(=O)NCC(=O)OCC. The molecular formula is C8H12N2O3. The van der Waals surface area contributed by atoms with Crippen LogP contribution >= 0.6 is 0 Å². The molecule has 0 radical (unpaired) electrons. The van der Waals surface area contributed by atoms with E-state index in [4.69, 9.17) is 6.42 Å². The number of rotatable bonds is 4. The molecule has 0 fully saturated rings. The maximum absolute atomic E-state index is 10.8. The van der Waals surface area contributed by atoms with Crippen LogP contribution in [0.1, 0.15) is 6.92 Å². The van der Waals surface area contributed by atoms with Gasteiger partial charge in [-0.2, -0.15) is 0 Å². The fraction of sp³-hybridized carbons (Fsp3) is 0.500. The van der Waals surface area contributed by atoms with E-state index in [1.165, 1.54) is 0 Å². The first-order valence-electron chi connectivity index (χ1n) is 3.81. The quantitative estimate of drug-likeness (QED) is 0.456. The predicted molar refractivity (Wildman–Crippen MR) is 46.9 cm³/mol. The maximum atomic E-state index is 10.8. The monoisotopic (exact) mass is 184 g/mol. The summed E-state index contributed by atoms with van der Waals surface area (Å²) in [4.78, 5) is 21.5. The van der Waals surface area contributed by atoms with Crippen LogP contribution in [0.4, 0.5) is 4.79 Å². The summed E-state index contributed by atoms with van der Waals surface area (Å²) in [6, 6.07) is -0.481. The molecule has 72 valence electrons. The average Bonchev–Trinajstić information content (AvgIpc) is 2.12. The van der Waals surface area contributed by atoms with Gasteiger partial charge in [0.25, 0.3) is 0 Å². The van der Waals surface area contributed by atoms with E-state index in [2.05, 4.69) is 21.3 Å². The minimum atomic E-state index is -0.481. The Morgan fingerprint density at radius 3 is 2.69 bits per heavy atom. The van der Waals surface area contributed by atoms with Crippen molar-refractivity contribution in [1.29, 1.82) is 0 Å². The Balaban J connectivity index is 3.47. The number of carbonyl (C=O) groups excluding carboxylic acids is 2. The van der Waals surface area contributed by atoms with Crippen molar-refractivity contribution in [1.82, 2.24) is 10.6 Å². The van der Waals surface area contributed by atoms with Gasteiger partial charge in [0, 0.05) is 0 Å². The highest BCUT2D eigenvalue weighted by Gasteiger charge is 2.03. The van der Waals surface area contributed by atoms with Gasteiger partial charge in [-0.15, -0.1) is 6.42 Å². The Labute approximate surface area is 76.8 Å². The molecule has 2 N–H and O–H groups in total. The number of terminal acetylenes is 1. The van der Waals surface area contributed by atoms with Crippen LogP contribution < -0.4 is 10.6 Å². The van der Waals surface area contributed by atoms with Crippen molar-refractivity contribution in [3.63, 3.8) is 0 Å². The summed E-state index contributed by atoms with van der Waals surface area (Å²) in [6.45, 7) is 1.97. The van der Waals surface area contributed by atoms with Gasteiger partial charge in [0.15, 0.2) is 0 Å². The number of hydrogen-bond donors (Lipinski definition) is 2. The number of nitrogens with one attached hydrogen (secondary N) is 2. The second-order valence-corrected chi connectivity index (χ2v) is 2.05. The van der Waals surface area contributed by atoms with Gasteiger partial charge >= 0.3 is 12.0 Å². The average molecular weight is 184 g/mol. The first-order valence-corrected chi connectivity index (χ1v) is 3.81. The highest BCUT2D eigenvalue weighted by molar-refractivity contribution is 5.80. The molecule has 0 saturated carbocycles. The number of esters is 1. The molecule has 0 rings (SSSR count). The number of urea groups is 1. The largest absolute Gasteiger partial charge is 0.465 e. The molecule has 0 aliphatic carbocycles. The molecular weight excluding hydrogens is 172 g/mol. The van der Waals surface area contributed by atoms with Crippen molar-refractivity contribution >= 4 is 12.0 Å². The van der Waals surface area contributed by atoms with E-state index in [0.29, 0.717) is 6.61 Å². The molecule has 0 unspecified atom stereocenters. The Bertz CT molecular complexity index is 220. The smallest absolute Gasteiger partial charge is 0.325 e. The molecule has 0 aromatic carbocycles. The fourth-order valence-corrected chi connectivity index (χ4v) is 0.558. The Morgan fingerprint density at radius 1 is 1.46 bits per heavy atom. The van der Waals surface area contributed by atoms with E-state index in [9.17, 15) is 9.59 Å². The third kappa shape index (κ3) is 6.69.